The van der Waals surface area contributed by atoms with Crippen molar-refractivity contribution in [1.29, 1.82) is 0 Å². The summed E-state index contributed by atoms with van der Waals surface area (Å²) < 4.78 is 5.14. The first-order chi connectivity index (χ1) is 6.29. The van der Waals surface area contributed by atoms with E-state index in [1.165, 1.54) is 6.07 Å². The van der Waals surface area contributed by atoms with E-state index < -0.39 is 5.91 Å². The van der Waals surface area contributed by atoms with Crippen LogP contribution in [0.5, 0.6) is 5.75 Å². The molecule has 68 valence electrons. The van der Waals surface area contributed by atoms with Gasteiger partial charge in [0.15, 0.2) is 0 Å². The molecule has 4 nitrogen and oxygen atoms in total. The second kappa shape index (κ2) is 4.35. The van der Waals surface area contributed by atoms with Gasteiger partial charge in [-0.2, -0.15) is 0 Å². The van der Waals surface area contributed by atoms with E-state index >= 15 is 0 Å². The fourth-order valence-corrected chi connectivity index (χ4v) is 0.974. The number of rotatable bonds is 3. The minimum absolute atomic E-state index is 0.208. The molecule has 0 N–H and O–H groups in total. The molecule has 0 bridgehead atoms. The summed E-state index contributed by atoms with van der Waals surface area (Å²) in [7, 11) is 0. The largest absolute Gasteiger partial charge is 0.493 e. The zero-order chi connectivity index (χ0) is 9.68. The van der Waals surface area contributed by atoms with Crippen LogP contribution in [0.2, 0.25) is 0 Å². The molecule has 0 fully saturated rings. The molecule has 1 aromatic rings. The van der Waals surface area contributed by atoms with Crippen molar-refractivity contribution >= 4 is 5.91 Å². The summed E-state index contributed by atoms with van der Waals surface area (Å²) in [5.74, 6) is -0.404. The number of nitroso groups, excluding NO2 is 1. The van der Waals surface area contributed by atoms with Gasteiger partial charge in [-0.25, -0.2) is 0 Å². The number of carbonyl (C=O) groups excluding carboxylic acids is 1. The van der Waals surface area contributed by atoms with Crippen LogP contribution in [0, 0.1) is 4.91 Å². The molecule has 0 heterocycles. The number of ether oxygens (including phenoxy) is 1. The van der Waals surface area contributed by atoms with Gasteiger partial charge in [-0.05, 0) is 19.1 Å². The fourth-order valence-electron chi connectivity index (χ4n) is 0.974. The molecule has 0 spiro atoms. The van der Waals surface area contributed by atoms with Crippen LogP contribution in [0.3, 0.4) is 0 Å². The molecule has 1 rings (SSSR count). The summed E-state index contributed by atoms with van der Waals surface area (Å²) in [6, 6.07) is 6.52. The summed E-state index contributed by atoms with van der Waals surface area (Å²) in [4.78, 5) is 21.0. The maximum absolute atomic E-state index is 10.9. The highest BCUT2D eigenvalue weighted by Crippen LogP contribution is 2.18. The minimum Gasteiger partial charge on any atom is -0.493 e. The fraction of sp³-hybridized carbons (Fsp3) is 0.222. The van der Waals surface area contributed by atoms with E-state index in [1.54, 1.807) is 25.1 Å². The molecule has 1 amide bonds. The number of hydrogen-bond acceptors (Lipinski definition) is 3. The van der Waals surface area contributed by atoms with Crippen LogP contribution >= 0.6 is 0 Å². The number of para-hydroxylation sites is 1. The van der Waals surface area contributed by atoms with Crippen LogP contribution in [0.1, 0.15) is 17.3 Å². The number of benzene rings is 1. The van der Waals surface area contributed by atoms with Crippen molar-refractivity contribution in [3.8, 4) is 5.75 Å². The van der Waals surface area contributed by atoms with Crippen molar-refractivity contribution in [2.24, 2.45) is 5.18 Å². The smallest absolute Gasteiger partial charge is 0.320 e. The third kappa shape index (κ3) is 2.11. The Hall–Kier alpha value is -1.71. The van der Waals surface area contributed by atoms with Crippen molar-refractivity contribution < 1.29 is 9.53 Å². The van der Waals surface area contributed by atoms with Crippen molar-refractivity contribution in [2.75, 3.05) is 6.61 Å². The van der Waals surface area contributed by atoms with Gasteiger partial charge in [0.2, 0.25) is 0 Å². The summed E-state index contributed by atoms with van der Waals surface area (Å²) in [5.41, 5.74) is 0.208. The zero-order valence-electron chi connectivity index (χ0n) is 7.19. The Balaban J connectivity index is 3.03. The van der Waals surface area contributed by atoms with Crippen LogP contribution < -0.4 is 4.74 Å². The van der Waals surface area contributed by atoms with Crippen molar-refractivity contribution in [3.05, 3.63) is 34.7 Å². The molecule has 1 aromatic carbocycles. The second-order valence-electron chi connectivity index (χ2n) is 2.33. The predicted molar refractivity (Wildman–Crippen MR) is 47.7 cm³/mol. The Kier molecular flexibility index (Phi) is 3.14. The van der Waals surface area contributed by atoms with Gasteiger partial charge in [-0.3, -0.25) is 4.79 Å². The average Bonchev–Trinajstić information content (AvgIpc) is 2.18. The zero-order valence-corrected chi connectivity index (χ0v) is 7.19. The van der Waals surface area contributed by atoms with Crippen molar-refractivity contribution in [3.63, 3.8) is 0 Å². The third-order valence-corrected chi connectivity index (χ3v) is 1.50. The van der Waals surface area contributed by atoms with Crippen LogP contribution in [-0.4, -0.2) is 12.5 Å². The van der Waals surface area contributed by atoms with Crippen molar-refractivity contribution in [1.82, 2.24) is 0 Å². The lowest BCUT2D eigenvalue weighted by Gasteiger charge is -2.04. The van der Waals surface area contributed by atoms with Gasteiger partial charge < -0.3 is 4.74 Å². The summed E-state index contributed by atoms with van der Waals surface area (Å²) in [5, 5.41) is 2.33. The topological polar surface area (TPSA) is 55.7 Å². The van der Waals surface area contributed by atoms with E-state index in [0.29, 0.717) is 12.4 Å². The lowest BCUT2D eigenvalue weighted by molar-refractivity contribution is 0.0997. The molecule has 0 atom stereocenters. The first kappa shape index (κ1) is 9.38. The molecule has 0 aliphatic carbocycles. The van der Waals surface area contributed by atoms with E-state index in [9.17, 15) is 9.70 Å². The van der Waals surface area contributed by atoms with Gasteiger partial charge in [0, 0.05) is 5.18 Å². The van der Waals surface area contributed by atoms with E-state index in [1.807, 2.05) is 0 Å². The molecule has 0 saturated carbocycles. The summed E-state index contributed by atoms with van der Waals surface area (Å²) in [6.45, 7) is 2.25. The highest BCUT2D eigenvalue weighted by Gasteiger charge is 2.11. The number of nitrogens with zero attached hydrogens (tertiary/aromatic N) is 1. The number of hydrogen-bond donors (Lipinski definition) is 0. The normalized spacial score (nSPS) is 9.31. The lowest BCUT2D eigenvalue weighted by Crippen LogP contribution is -2.00. The molecular formula is C9H9NO3. The molecule has 0 radical (unpaired) electrons. The summed E-state index contributed by atoms with van der Waals surface area (Å²) >= 11 is 0. The predicted octanol–water partition coefficient (Wildman–Crippen LogP) is 1.99. The quantitative estimate of drug-likeness (QED) is 0.666. The Bertz CT molecular complexity index is 322. The Morgan fingerprint density at radius 1 is 1.46 bits per heavy atom. The van der Waals surface area contributed by atoms with Gasteiger partial charge in [0.1, 0.15) is 5.75 Å². The highest BCUT2D eigenvalue weighted by atomic mass is 16.5. The monoisotopic (exact) mass is 179 g/mol. The third-order valence-electron chi connectivity index (χ3n) is 1.50. The number of carbonyl (C=O) groups is 1. The maximum atomic E-state index is 10.9. The van der Waals surface area contributed by atoms with E-state index in [-0.39, 0.29) is 5.56 Å². The Morgan fingerprint density at radius 2 is 2.15 bits per heavy atom. The summed E-state index contributed by atoms with van der Waals surface area (Å²) in [6.07, 6.45) is 0. The van der Waals surface area contributed by atoms with E-state index in [4.69, 9.17) is 4.74 Å². The standard InChI is InChI=1S/C9H9NO3/c1-2-13-8-6-4-3-5-7(8)9(11)10-12/h3-6H,2H2,1H3. The van der Waals surface area contributed by atoms with Gasteiger partial charge in [-0.15, -0.1) is 4.91 Å². The molecule has 0 aliphatic rings. The SMILES string of the molecule is CCOc1ccccc1C(=O)N=O. The van der Waals surface area contributed by atoms with Crippen LogP contribution in [0.4, 0.5) is 0 Å². The van der Waals surface area contributed by atoms with E-state index in [0.717, 1.165) is 0 Å². The molecule has 0 aliphatic heterocycles. The minimum atomic E-state index is -0.802. The van der Waals surface area contributed by atoms with Crippen LogP contribution in [0.25, 0.3) is 0 Å². The number of amides is 1. The van der Waals surface area contributed by atoms with Gasteiger partial charge in [0.25, 0.3) is 0 Å². The highest BCUT2D eigenvalue weighted by molar-refractivity contribution is 5.97. The maximum Gasteiger partial charge on any atom is 0.320 e. The molecule has 4 heteroatoms. The average molecular weight is 179 g/mol. The van der Waals surface area contributed by atoms with Crippen molar-refractivity contribution in [2.45, 2.75) is 6.92 Å². The molecule has 0 aromatic heterocycles. The molecular weight excluding hydrogens is 170 g/mol. The van der Waals surface area contributed by atoms with E-state index in [2.05, 4.69) is 5.18 Å². The molecule has 0 unspecified atom stereocenters. The molecule has 13 heavy (non-hydrogen) atoms. The van der Waals surface area contributed by atoms with Gasteiger partial charge >= 0.3 is 5.91 Å². The van der Waals surface area contributed by atoms with Crippen LogP contribution in [-0.2, 0) is 0 Å². The van der Waals surface area contributed by atoms with Gasteiger partial charge in [-0.1, -0.05) is 12.1 Å². The van der Waals surface area contributed by atoms with Crippen LogP contribution in [0.15, 0.2) is 29.4 Å². The Morgan fingerprint density at radius 3 is 2.77 bits per heavy atom. The Labute approximate surface area is 75.5 Å². The first-order valence-electron chi connectivity index (χ1n) is 3.89. The molecule has 0 saturated heterocycles. The second-order valence-corrected chi connectivity index (χ2v) is 2.33. The lowest BCUT2D eigenvalue weighted by atomic mass is 10.2. The first-order valence-corrected chi connectivity index (χ1v) is 3.89. The van der Waals surface area contributed by atoms with Gasteiger partial charge in [0.05, 0.1) is 12.2 Å².